The molecule has 0 amide bonds. The SMILES string of the molecule is CCOc1cc(CO)ccc1OCC(O)CO. The predicted molar refractivity (Wildman–Crippen MR) is 62.1 cm³/mol. The third kappa shape index (κ3) is 4.22. The smallest absolute Gasteiger partial charge is 0.161 e. The highest BCUT2D eigenvalue weighted by molar-refractivity contribution is 5.42. The number of benzene rings is 1. The average molecular weight is 242 g/mol. The van der Waals surface area contributed by atoms with E-state index in [4.69, 9.17) is 19.7 Å². The van der Waals surface area contributed by atoms with E-state index < -0.39 is 6.10 Å². The molecule has 96 valence electrons. The Morgan fingerprint density at radius 2 is 1.94 bits per heavy atom. The Morgan fingerprint density at radius 1 is 1.18 bits per heavy atom. The van der Waals surface area contributed by atoms with Crippen LogP contribution in [0.25, 0.3) is 0 Å². The van der Waals surface area contributed by atoms with Gasteiger partial charge in [0, 0.05) is 0 Å². The predicted octanol–water partition coefficient (Wildman–Crippen LogP) is 0.310. The maximum absolute atomic E-state index is 9.18. The van der Waals surface area contributed by atoms with E-state index in [1.807, 2.05) is 6.92 Å². The summed E-state index contributed by atoms with van der Waals surface area (Å²) in [5.74, 6) is 1.00. The lowest BCUT2D eigenvalue weighted by atomic mass is 10.2. The quantitative estimate of drug-likeness (QED) is 0.641. The van der Waals surface area contributed by atoms with E-state index in [2.05, 4.69) is 0 Å². The maximum atomic E-state index is 9.18. The van der Waals surface area contributed by atoms with Crippen molar-refractivity contribution in [3.63, 3.8) is 0 Å². The monoisotopic (exact) mass is 242 g/mol. The Kier molecular flexibility index (Phi) is 5.76. The number of aliphatic hydroxyl groups excluding tert-OH is 3. The van der Waals surface area contributed by atoms with E-state index in [1.165, 1.54) is 0 Å². The second-order valence-corrected chi connectivity index (χ2v) is 3.52. The molecule has 0 radical (unpaired) electrons. The Hall–Kier alpha value is -1.30. The largest absolute Gasteiger partial charge is 0.490 e. The van der Waals surface area contributed by atoms with Gasteiger partial charge in [0.2, 0.25) is 0 Å². The molecule has 17 heavy (non-hydrogen) atoms. The molecule has 0 aliphatic carbocycles. The first-order valence-electron chi connectivity index (χ1n) is 5.49. The summed E-state index contributed by atoms with van der Waals surface area (Å²) in [6.07, 6.45) is -0.915. The standard InChI is InChI=1S/C12H18O5/c1-2-16-12-5-9(6-13)3-4-11(12)17-8-10(15)7-14/h3-5,10,13-15H,2,6-8H2,1H3. The molecule has 0 fully saturated rings. The van der Waals surface area contributed by atoms with Crippen molar-refractivity contribution in [2.45, 2.75) is 19.6 Å². The van der Waals surface area contributed by atoms with Crippen LogP contribution in [-0.2, 0) is 6.61 Å². The molecule has 0 heterocycles. The van der Waals surface area contributed by atoms with E-state index in [9.17, 15) is 5.11 Å². The van der Waals surface area contributed by atoms with Crippen molar-refractivity contribution < 1.29 is 24.8 Å². The van der Waals surface area contributed by atoms with Crippen LogP contribution in [0.5, 0.6) is 11.5 Å². The summed E-state index contributed by atoms with van der Waals surface area (Å²) in [5.41, 5.74) is 0.725. The van der Waals surface area contributed by atoms with Gasteiger partial charge in [-0.2, -0.15) is 0 Å². The molecule has 1 aromatic carbocycles. The molecule has 0 bridgehead atoms. The fraction of sp³-hybridized carbons (Fsp3) is 0.500. The summed E-state index contributed by atoms with van der Waals surface area (Å²) in [6, 6.07) is 5.06. The van der Waals surface area contributed by atoms with Crippen molar-refractivity contribution in [2.75, 3.05) is 19.8 Å². The zero-order chi connectivity index (χ0) is 12.7. The third-order valence-corrected chi connectivity index (χ3v) is 2.13. The Bertz CT molecular complexity index is 340. The van der Waals surface area contributed by atoms with Crippen molar-refractivity contribution in [1.29, 1.82) is 0 Å². The van der Waals surface area contributed by atoms with Gasteiger partial charge < -0.3 is 24.8 Å². The molecule has 1 atom stereocenters. The molecule has 0 aliphatic heterocycles. The first-order valence-corrected chi connectivity index (χ1v) is 5.49. The second-order valence-electron chi connectivity index (χ2n) is 3.52. The van der Waals surface area contributed by atoms with E-state index in [0.29, 0.717) is 18.1 Å². The lowest BCUT2D eigenvalue weighted by molar-refractivity contribution is 0.0525. The number of ether oxygens (including phenoxy) is 2. The molecule has 1 aromatic rings. The average Bonchev–Trinajstić information content (AvgIpc) is 2.37. The van der Waals surface area contributed by atoms with E-state index in [1.54, 1.807) is 18.2 Å². The van der Waals surface area contributed by atoms with Crippen LogP contribution in [0.2, 0.25) is 0 Å². The van der Waals surface area contributed by atoms with Gasteiger partial charge in [-0.25, -0.2) is 0 Å². The minimum absolute atomic E-state index is 0.00491. The minimum Gasteiger partial charge on any atom is -0.490 e. The summed E-state index contributed by atoms with van der Waals surface area (Å²) in [5, 5.41) is 26.9. The molecule has 0 aliphatic rings. The van der Waals surface area contributed by atoms with Crippen molar-refractivity contribution in [3.8, 4) is 11.5 Å². The van der Waals surface area contributed by atoms with Gasteiger partial charge in [-0.3, -0.25) is 0 Å². The van der Waals surface area contributed by atoms with Gasteiger partial charge in [0.1, 0.15) is 12.7 Å². The maximum Gasteiger partial charge on any atom is 0.161 e. The number of aliphatic hydroxyl groups is 3. The van der Waals surface area contributed by atoms with Crippen molar-refractivity contribution in [2.24, 2.45) is 0 Å². The second kappa shape index (κ2) is 7.11. The van der Waals surface area contributed by atoms with E-state index >= 15 is 0 Å². The molecule has 0 aromatic heterocycles. The van der Waals surface area contributed by atoms with Gasteiger partial charge in [-0.05, 0) is 24.6 Å². The van der Waals surface area contributed by atoms with Gasteiger partial charge in [0.05, 0.1) is 19.8 Å². The number of hydrogen-bond donors (Lipinski definition) is 3. The fourth-order valence-electron chi connectivity index (χ4n) is 1.28. The van der Waals surface area contributed by atoms with Crippen LogP contribution < -0.4 is 9.47 Å². The van der Waals surface area contributed by atoms with Gasteiger partial charge >= 0.3 is 0 Å². The molecule has 5 heteroatoms. The van der Waals surface area contributed by atoms with Crippen LogP contribution in [-0.4, -0.2) is 41.2 Å². The highest BCUT2D eigenvalue weighted by atomic mass is 16.5. The van der Waals surface area contributed by atoms with Crippen LogP contribution in [0.15, 0.2) is 18.2 Å². The van der Waals surface area contributed by atoms with Crippen molar-refractivity contribution >= 4 is 0 Å². The highest BCUT2D eigenvalue weighted by Gasteiger charge is 2.09. The lowest BCUT2D eigenvalue weighted by Gasteiger charge is -2.14. The molecule has 3 N–H and O–H groups in total. The molecule has 0 spiro atoms. The summed E-state index contributed by atoms with van der Waals surface area (Å²) >= 11 is 0. The van der Waals surface area contributed by atoms with E-state index in [-0.39, 0.29) is 19.8 Å². The number of rotatable bonds is 7. The third-order valence-electron chi connectivity index (χ3n) is 2.13. The van der Waals surface area contributed by atoms with Crippen molar-refractivity contribution in [3.05, 3.63) is 23.8 Å². The molecule has 1 rings (SSSR count). The topological polar surface area (TPSA) is 79.2 Å². The Labute approximate surface area is 100 Å². The Morgan fingerprint density at radius 3 is 2.53 bits per heavy atom. The molecule has 0 saturated carbocycles. The minimum atomic E-state index is -0.915. The number of hydrogen-bond acceptors (Lipinski definition) is 5. The zero-order valence-corrected chi connectivity index (χ0v) is 9.80. The van der Waals surface area contributed by atoms with E-state index in [0.717, 1.165) is 5.56 Å². The molecule has 5 nitrogen and oxygen atoms in total. The van der Waals surface area contributed by atoms with Crippen LogP contribution in [0.4, 0.5) is 0 Å². The van der Waals surface area contributed by atoms with Gasteiger partial charge in [-0.15, -0.1) is 0 Å². The normalized spacial score (nSPS) is 12.2. The van der Waals surface area contributed by atoms with Crippen molar-refractivity contribution in [1.82, 2.24) is 0 Å². The summed E-state index contributed by atoms with van der Waals surface area (Å²) in [4.78, 5) is 0. The summed E-state index contributed by atoms with van der Waals surface area (Å²) in [7, 11) is 0. The van der Waals surface area contributed by atoms with Crippen LogP contribution in [0, 0.1) is 0 Å². The highest BCUT2D eigenvalue weighted by Crippen LogP contribution is 2.28. The van der Waals surface area contributed by atoms with Gasteiger partial charge in [0.15, 0.2) is 11.5 Å². The molecule has 0 saturated heterocycles. The summed E-state index contributed by atoms with van der Waals surface area (Å²) in [6.45, 7) is 1.90. The first-order chi connectivity index (χ1) is 8.21. The molecular weight excluding hydrogens is 224 g/mol. The summed E-state index contributed by atoms with van der Waals surface area (Å²) < 4.78 is 10.7. The first kappa shape index (κ1) is 13.8. The van der Waals surface area contributed by atoms with Crippen LogP contribution in [0.3, 0.4) is 0 Å². The Balaban J connectivity index is 2.75. The molecular formula is C12H18O5. The zero-order valence-electron chi connectivity index (χ0n) is 9.80. The fourth-order valence-corrected chi connectivity index (χ4v) is 1.28. The lowest BCUT2D eigenvalue weighted by Crippen LogP contribution is -2.21. The van der Waals surface area contributed by atoms with Crippen LogP contribution in [0.1, 0.15) is 12.5 Å². The van der Waals surface area contributed by atoms with Gasteiger partial charge in [-0.1, -0.05) is 6.07 Å². The van der Waals surface area contributed by atoms with Gasteiger partial charge in [0.25, 0.3) is 0 Å². The van der Waals surface area contributed by atoms with Crippen LogP contribution >= 0.6 is 0 Å². The molecule has 1 unspecified atom stereocenters.